The minimum absolute atomic E-state index is 0.0780. The Morgan fingerprint density at radius 3 is 2.86 bits per heavy atom. The highest BCUT2D eigenvalue weighted by Crippen LogP contribution is 2.40. The highest BCUT2D eigenvalue weighted by atomic mass is 35.5. The minimum atomic E-state index is -0.693. The lowest BCUT2D eigenvalue weighted by atomic mass is 10.2. The third kappa shape index (κ3) is 4.80. The molecule has 0 unspecified atom stereocenters. The maximum absolute atomic E-state index is 13.6. The number of benzene rings is 2. The first-order valence-corrected chi connectivity index (χ1v) is 8.73. The fraction of sp³-hybridized carbons (Fsp3) is 0.200. The first-order valence-electron chi connectivity index (χ1n) is 8.35. The molecular formula is C20H17ClFNO5. The van der Waals surface area contributed by atoms with Crippen molar-refractivity contribution in [1.82, 2.24) is 4.90 Å². The molecule has 1 aliphatic rings. The molecule has 0 aliphatic carbocycles. The predicted octanol–water partition coefficient (Wildman–Crippen LogP) is 3.42. The highest BCUT2D eigenvalue weighted by Gasteiger charge is 2.18. The number of carbonyl (C=O) groups excluding carboxylic acids is 2. The van der Waals surface area contributed by atoms with Crippen LogP contribution in [0.1, 0.15) is 11.1 Å². The Kier molecular flexibility index (Phi) is 6.16. The van der Waals surface area contributed by atoms with Crippen molar-refractivity contribution in [3.63, 3.8) is 0 Å². The molecule has 0 fully saturated rings. The third-order valence-corrected chi connectivity index (χ3v) is 4.27. The highest BCUT2D eigenvalue weighted by molar-refractivity contribution is 6.32. The van der Waals surface area contributed by atoms with Gasteiger partial charge in [-0.15, -0.1) is 0 Å². The molecule has 8 heteroatoms. The number of fused-ring (bicyclic) bond motifs is 1. The third-order valence-electron chi connectivity index (χ3n) is 3.99. The average molecular weight is 406 g/mol. The molecule has 1 aliphatic heterocycles. The van der Waals surface area contributed by atoms with E-state index in [9.17, 15) is 14.0 Å². The lowest BCUT2D eigenvalue weighted by Crippen LogP contribution is -2.30. The van der Waals surface area contributed by atoms with Gasteiger partial charge in [0.25, 0.3) is 5.91 Å². The Balaban J connectivity index is 1.51. The average Bonchev–Trinajstić information content (AvgIpc) is 3.15. The molecule has 0 bridgehead atoms. The Bertz CT molecular complexity index is 931. The Morgan fingerprint density at radius 2 is 2.07 bits per heavy atom. The summed E-state index contributed by atoms with van der Waals surface area (Å²) in [5, 5.41) is 0.368. The Labute approximate surface area is 166 Å². The smallest absolute Gasteiger partial charge is 0.331 e. The number of hydrogen-bond acceptors (Lipinski definition) is 5. The van der Waals surface area contributed by atoms with Crippen molar-refractivity contribution in [2.45, 2.75) is 6.54 Å². The topological polar surface area (TPSA) is 65.1 Å². The monoisotopic (exact) mass is 405 g/mol. The molecule has 1 amide bonds. The van der Waals surface area contributed by atoms with E-state index in [1.54, 1.807) is 30.3 Å². The fourth-order valence-electron chi connectivity index (χ4n) is 2.51. The molecule has 0 spiro atoms. The molecule has 0 aromatic heterocycles. The van der Waals surface area contributed by atoms with Gasteiger partial charge in [-0.2, -0.15) is 0 Å². The van der Waals surface area contributed by atoms with Crippen LogP contribution in [0.3, 0.4) is 0 Å². The lowest BCUT2D eigenvalue weighted by Gasteiger charge is -2.17. The van der Waals surface area contributed by atoms with E-state index in [-0.39, 0.29) is 13.3 Å². The lowest BCUT2D eigenvalue weighted by molar-refractivity contribution is -0.147. The van der Waals surface area contributed by atoms with Crippen molar-refractivity contribution < 1.29 is 28.2 Å². The number of ether oxygens (including phenoxy) is 3. The van der Waals surface area contributed by atoms with Crippen LogP contribution in [0.25, 0.3) is 6.08 Å². The van der Waals surface area contributed by atoms with Crippen LogP contribution in [-0.2, 0) is 20.9 Å². The molecule has 3 rings (SSSR count). The maximum Gasteiger partial charge on any atom is 0.331 e. The zero-order chi connectivity index (χ0) is 20.1. The Morgan fingerprint density at radius 1 is 1.29 bits per heavy atom. The van der Waals surface area contributed by atoms with Gasteiger partial charge in [-0.25, -0.2) is 9.18 Å². The van der Waals surface area contributed by atoms with Gasteiger partial charge >= 0.3 is 5.97 Å². The van der Waals surface area contributed by atoms with Gasteiger partial charge in [0.05, 0.1) is 5.02 Å². The summed E-state index contributed by atoms with van der Waals surface area (Å²) < 4.78 is 29.0. The second kappa shape index (κ2) is 8.75. The van der Waals surface area contributed by atoms with E-state index in [1.807, 2.05) is 0 Å². The van der Waals surface area contributed by atoms with Gasteiger partial charge in [0.15, 0.2) is 18.1 Å². The van der Waals surface area contributed by atoms with Gasteiger partial charge in [-0.1, -0.05) is 29.8 Å². The van der Waals surface area contributed by atoms with Crippen molar-refractivity contribution in [1.29, 1.82) is 0 Å². The largest absolute Gasteiger partial charge is 0.454 e. The van der Waals surface area contributed by atoms with Crippen LogP contribution in [0.5, 0.6) is 11.5 Å². The van der Waals surface area contributed by atoms with E-state index < -0.39 is 24.3 Å². The summed E-state index contributed by atoms with van der Waals surface area (Å²) in [5.41, 5.74) is 0.999. The van der Waals surface area contributed by atoms with Crippen LogP contribution in [0.2, 0.25) is 5.02 Å². The number of nitrogens with zero attached hydrogens (tertiary/aromatic N) is 1. The number of rotatable bonds is 6. The summed E-state index contributed by atoms with van der Waals surface area (Å²) >= 11 is 6.07. The fourth-order valence-corrected chi connectivity index (χ4v) is 2.78. The standard InChI is InChI=1S/C20H17ClFNO5/c1-23(10-14-4-2-3-5-16(14)22)18(24)11-26-19(25)7-6-13-8-15(21)20-17(9-13)27-12-28-20/h2-9H,10-12H2,1H3/b7-6+. The molecule has 28 heavy (non-hydrogen) atoms. The van der Waals surface area contributed by atoms with Crippen LogP contribution in [-0.4, -0.2) is 37.2 Å². The van der Waals surface area contributed by atoms with Crippen molar-refractivity contribution in [3.8, 4) is 11.5 Å². The van der Waals surface area contributed by atoms with E-state index in [1.165, 1.54) is 30.2 Å². The summed E-state index contributed by atoms with van der Waals surface area (Å²) in [4.78, 5) is 25.2. The summed E-state index contributed by atoms with van der Waals surface area (Å²) in [6.45, 7) is -0.280. The van der Waals surface area contributed by atoms with Crippen molar-refractivity contribution in [2.75, 3.05) is 20.4 Å². The van der Waals surface area contributed by atoms with Crippen molar-refractivity contribution in [3.05, 3.63) is 64.4 Å². The number of amides is 1. The second-order valence-corrected chi connectivity index (χ2v) is 6.43. The molecule has 2 aromatic rings. The number of halogens is 2. The molecule has 6 nitrogen and oxygen atoms in total. The molecule has 0 atom stereocenters. The summed E-state index contributed by atoms with van der Waals surface area (Å²) in [6, 6.07) is 9.45. The second-order valence-electron chi connectivity index (χ2n) is 6.02. The summed E-state index contributed by atoms with van der Waals surface area (Å²) in [6.07, 6.45) is 2.67. The number of carbonyl (C=O) groups is 2. The maximum atomic E-state index is 13.6. The molecule has 0 saturated heterocycles. The zero-order valence-electron chi connectivity index (χ0n) is 15.0. The van der Waals surface area contributed by atoms with Crippen molar-refractivity contribution >= 4 is 29.6 Å². The quantitative estimate of drug-likeness (QED) is 0.544. The van der Waals surface area contributed by atoms with E-state index >= 15 is 0 Å². The molecule has 0 radical (unpaired) electrons. The molecule has 146 valence electrons. The molecule has 1 heterocycles. The number of hydrogen-bond donors (Lipinski definition) is 0. The van der Waals surface area contributed by atoms with E-state index in [2.05, 4.69) is 0 Å². The molecular weight excluding hydrogens is 389 g/mol. The summed E-state index contributed by atoms with van der Waals surface area (Å²) in [5.74, 6) is -0.586. The van der Waals surface area contributed by atoms with Gasteiger partial charge in [0.2, 0.25) is 6.79 Å². The van der Waals surface area contributed by atoms with Gasteiger partial charge < -0.3 is 19.1 Å². The normalized spacial score (nSPS) is 12.2. The van der Waals surface area contributed by atoms with Gasteiger partial charge in [-0.3, -0.25) is 4.79 Å². The van der Waals surface area contributed by atoms with Gasteiger partial charge in [0.1, 0.15) is 5.82 Å². The van der Waals surface area contributed by atoms with Crippen LogP contribution in [0.15, 0.2) is 42.5 Å². The van der Waals surface area contributed by atoms with Crippen LogP contribution in [0.4, 0.5) is 4.39 Å². The van der Waals surface area contributed by atoms with E-state index in [0.717, 1.165) is 0 Å². The predicted molar refractivity (Wildman–Crippen MR) is 100 cm³/mol. The number of likely N-dealkylation sites (N-methyl/N-ethyl adjacent to an activating group) is 1. The zero-order valence-corrected chi connectivity index (χ0v) is 15.7. The van der Waals surface area contributed by atoms with Crippen LogP contribution in [0, 0.1) is 5.82 Å². The van der Waals surface area contributed by atoms with E-state index in [4.69, 9.17) is 25.8 Å². The number of esters is 1. The molecule has 0 saturated carbocycles. The summed E-state index contributed by atoms with van der Waals surface area (Å²) in [7, 11) is 1.51. The molecule has 0 N–H and O–H groups in total. The molecule has 2 aromatic carbocycles. The minimum Gasteiger partial charge on any atom is -0.454 e. The SMILES string of the molecule is CN(Cc1ccccc1F)C(=O)COC(=O)/C=C/c1cc(Cl)c2c(c1)OCO2. The first-order chi connectivity index (χ1) is 13.4. The van der Waals surface area contributed by atoms with Crippen LogP contribution < -0.4 is 9.47 Å². The van der Waals surface area contributed by atoms with Crippen LogP contribution >= 0.6 is 11.6 Å². The van der Waals surface area contributed by atoms with E-state index in [0.29, 0.717) is 27.6 Å². The Hall–Kier alpha value is -3.06. The van der Waals surface area contributed by atoms with Gasteiger partial charge in [0, 0.05) is 25.2 Å². The van der Waals surface area contributed by atoms with Crippen molar-refractivity contribution in [2.24, 2.45) is 0 Å². The first kappa shape index (κ1) is 19.7. The van der Waals surface area contributed by atoms with Gasteiger partial charge in [-0.05, 0) is 29.8 Å².